The van der Waals surface area contributed by atoms with Gasteiger partial charge < -0.3 is 9.84 Å². The Morgan fingerprint density at radius 3 is 2.52 bits per heavy atom. The number of rotatable bonds is 6. The van der Waals surface area contributed by atoms with Gasteiger partial charge in [0.2, 0.25) is 0 Å². The molecule has 0 atom stereocenters. The first kappa shape index (κ1) is 17.4. The van der Waals surface area contributed by atoms with Gasteiger partial charge >= 0.3 is 17.4 Å². The molecule has 0 saturated carbocycles. The summed E-state index contributed by atoms with van der Waals surface area (Å²) in [6.07, 6.45) is -0.0824. The van der Waals surface area contributed by atoms with E-state index in [2.05, 4.69) is 0 Å². The summed E-state index contributed by atoms with van der Waals surface area (Å²) in [4.78, 5) is 22.1. The van der Waals surface area contributed by atoms with E-state index in [4.69, 9.17) is 9.84 Å². The standard InChI is InChI=1S/C13H13F3O4S/c1-2-20-10(17)7-6-8-4-3-5-9(11(8)12(18)19)21-13(14,15)16/h3-5H,2,6-7H2,1H3,(H,18,19). The van der Waals surface area contributed by atoms with Crippen LogP contribution in [-0.2, 0) is 16.0 Å². The zero-order chi connectivity index (χ0) is 16.0. The first-order valence-corrected chi connectivity index (χ1v) is 6.82. The average molecular weight is 322 g/mol. The number of ether oxygens (including phenoxy) is 1. The van der Waals surface area contributed by atoms with Gasteiger partial charge in [-0.2, -0.15) is 13.2 Å². The van der Waals surface area contributed by atoms with Crippen LogP contribution in [0.2, 0.25) is 0 Å². The number of carbonyl (C=O) groups excluding carboxylic acids is 1. The van der Waals surface area contributed by atoms with Crippen molar-refractivity contribution in [1.82, 2.24) is 0 Å². The van der Waals surface area contributed by atoms with E-state index in [1.54, 1.807) is 6.92 Å². The van der Waals surface area contributed by atoms with Crippen molar-refractivity contribution in [1.29, 1.82) is 0 Å². The van der Waals surface area contributed by atoms with Gasteiger partial charge in [-0.3, -0.25) is 4.79 Å². The summed E-state index contributed by atoms with van der Waals surface area (Å²) in [6, 6.07) is 3.82. The molecule has 0 saturated heterocycles. The Bertz CT molecular complexity index is 529. The van der Waals surface area contributed by atoms with Crippen molar-refractivity contribution >= 4 is 23.7 Å². The molecule has 1 N–H and O–H groups in total. The molecule has 4 nitrogen and oxygen atoms in total. The number of benzene rings is 1. The fourth-order valence-electron chi connectivity index (χ4n) is 1.71. The third-order valence-electron chi connectivity index (χ3n) is 2.46. The normalized spacial score (nSPS) is 11.2. The number of hydrogen-bond acceptors (Lipinski definition) is 4. The molecule has 1 aromatic carbocycles. The first-order chi connectivity index (χ1) is 9.74. The second-order valence-electron chi connectivity index (χ2n) is 3.95. The molecule has 1 rings (SSSR count). The van der Waals surface area contributed by atoms with Gasteiger partial charge in [0.1, 0.15) is 0 Å². The van der Waals surface area contributed by atoms with Gasteiger partial charge in [0.25, 0.3) is 0 Å². The van der Waals surface area contributed by atoms with Crippen molar-refractivity contribution < 1.29 is 32.6 Å². The Labute approximate surface area is 123 Å². The van der Waals surface area contributed by atoms with Crippen molar-refractivity contribution in [2.45, 2.75) is 30.2 Å². The minimum absolute atomic E-state index is 0.00667. The topological polar surface area (TPSA) is 63.6 Å². The zero-order valence-electron chi connectivity index (χ0n) is 11.1. The number of esters is 1. The molecule has 0 aliphatic rings. The maximum absolute atomic E-state index is 12.4. The van der Waals surface area contributed by atoms with Crippen LogP contribution in [0.25, 0.3) is 0 Å². The van der Waals surface area contributed by atoms with Crippen LogP contribution in [-0.4, -0.2) is 29.2 Å². The SMILES string of the molecule is CCOC(=O)CCc1cccc(SC(F)(F)F)c1C(=O)O. The Morgan fingerprint density at radius 1 is 1.33 bits per heavy atom. The number of aromatic carboxylic acids is 1. The van der Waals surface area contributed by atoms with Crippen LogP contribution in [0.3, 0.4) is 0 Å². The maximum Gasteiger partial charge on any atom is 0.446 e. The van der Waals surface area contributed by atoms with Crippen LogP contribution in [0.1, 0.15) is 29.3 Å². The molecule has 1 aromatic rings. The molecular formula is C13H13F3O4S. The van der Waals surface area contributed by atoms with Gasteiger partial charge in [0.15, 0.2) is 0 Å². The summed E-state index contributed by atoms with van der Waals surface area (Å²) in [6.45, 7) is 1.82. The second-order valence-corrected chi connectivity index (χ2v) is 5.06. The Morgan fingerprint density at radius 2 is 2.00 bits per heavy atom. The summed E-state index contributed by atoms with van der Waals surface area (Å²) in [5.41, 5.74) is -4.84. The number of halogens is 3. The molecule has 0 unspecified atom stereocenters. The van der Waals surface area contributed by atoms with Crippen LogP contribution < -0.4 is 0 Å². The molecule has 0 aromatic heterocycles. The van der Waals surface area contributed by atoms with Crippen LogP contribution in [0.15, 0.2) is 23.1 Å². The number of carbonyl (C=O) groups is 2. The molecule has 0 heterocycles. The van der Waals surface area contributed by atoms with Crippen molar-refractivity contribution in [3.05, 3.63) is 29.3 Å². The highest BCUT2D eigenvalue weighted by atomic mass is 32.2. The van der Waals surface area contributed by atoms with Crippen LogP contribution in [0.5, 0.6) is 0 Å². The monoisotopic (exact) mass is 322 g/mol. The van der Waals surface area contributed by atoms with E-state index in [9.17, 15) is 22.8 Å². The summed E-state index contributed by atoms with van der Waals surface area (Å²) < 4.78 is 42.0. The van der Waals surface area contributed by atoms with Gasteiger partial charge in [0.05, 0.1) is 12.2 Å². The molecule has 0 aliphatic heterocycles. The number of aryl methyl sites for hydroxylation is 1. The molecule has 0 aliphatic carbocycles. The molecule has 0 fully saturated rings. The van der Waals surface area contributed by atoms with Crippen molar-refractivity contribution in [3.8, 4) is 0 Å². The fraction of sp³-hybridized carbons (Fsp3) is 0.385. The Kier molecular flexibility index (Phi) is 6.07. The third kappa shape index (κ3) is 5.66. The van der Waals surface area contributed by atoms with E-state index in [0.717, 1.165) is 6.07 Å². The van der Waals surface area contributed by atoms with Gasteiger partial charge in [-0.25, -0.2) is 4.79 Å². The molecule has 0 spiro atoms. The largest absolute Gasteiger partial charge is 0.478 e. The summed E-state index contributed by atoms with van der Waals surface area (Å²) in [5, 5.41) is 9.12. The highest BCUT2D eigenvalue weighted by Crippen LogP contribution is 2.39. The van der Waals surface area contributed by atoms with E-state index in [0.29, 0.717) is 0 Å². The minimum Gasteiger partial charge on any atom is -0.478 e. The van der Waals surface area contributed by atoms with E-state index in [1.807, 2.05) is 0 Å². The predicted octanol–water partition coefficient (Wildman–Crippen LogP) is 3.49. The average Bonchev–Trinajstić information content (AvgIpc) is 2.34. The van der Waals surface area contributed by atoms with E-state index >= 15 is 0 Å². The molecular weight excluding hydrogens is 309 g/mol. The van der Waals surface area contributed by atoms with Crippen LogP contribution in [0.4, 0.5) is 13.2 Å². The van der Waals surface area contributed by atoms with Gasteiger partial charge in [-0.1, -0.05) is 12.1 Å². The highest BCUT2D eigenvalue weighted by Gasteiger charge is 2.32. The zero-order valence-corrected chi connectivity index (χ0v) is 11.9. The minimum atomic E-state index is -4.58. The molecule has 0 amide bonds. The third-order valence-corrected chi connectivity index (χ3v) is 3.25. The smallest absolute Gasteiger partial charge is 0.446 e. The summed E-state index contributed by atoms with van der Waals surface area (Å²) >= 11 is -0.483. The van der Waals surface area contributed by atoms with Crippen LogP contribution in [0, 0.1) is 0 Å². The number of carboxylic acids is 1. The number of hydrogen-bond donors (Lipinski definition) is 1. The fourth-order valence-corrected chi connectivity index (χ4v) is 2.42. The lowest BCUT2D eigenvalue weighted by Gasteiger charge is -2.12. The molecule has 116 valence electrons. The maximum atomic E-state index is 12.4. The highest BCUT2D eigenvalue weighted by molar-refractivity contribution is 8.00. The van der Waals surface area contributed by atoms with Crippen LogP contribution >= 0.6 is 11.8 Å². The number of alkyl halides is 3. The molecule has 0 bridgehead atoms. The molecule has 8 heteroatoms. The van der Waals surface area contributed by atoms with Gasteiger partial charge in [-0.05, 0) is 36.7 Å². The lowest BCUT2D eigenvalue weighted by atomic mass is 10.0. The van der Waals surface area contributed by atoms with E-state index in [-0.39, 0.29) is 25.0 Å². The lowest BCUT2D eigenvalue weighted by Crippen LogP contribution is -2.10. The van der Waals surface area contributed by atoms with E-state index in [1.165, 1.54) is 12.1 Å². The van der Waals surface area contributed by atoms with Crippen molar-refractivity contribution in [2.24, 2.45) is 0 Å². The predicted molar refractivity (Wildman–Crippen MR) is 70.3 cm³/mol. The number of carboxylic acid groups (broad SMARTS) is 1. The Hall–Kier alpha value is -1.70. The molecule has 0 radical (unpaired) electrons. The summed E-state index contributed by atoms with van der Waals surface area (Å²) in [5.74, 6) is -1.98. The lowest BCUT2D eigenvalue weighted by molar-refractivity contribution is -0.143. The summed E-state index contributed by atoms with van der Waals surface area (Å²) in [7, 11) is 0. The first-order valence-electron chi connectivity index (χ1n) is 6.01. The van der Waals surface area contributed by atoms with Crippen molar-refractivity contribution in [2.75, 3.05) is 6.61 Å². The van der Waals surface area contributed by atoms with Gasteiger partial charge in [0, 0.05) is 11.3 Å². The Balaban J connectivity index is 3.01. The quantitative estimate of drug-likeness (QED) is 0.641. The second kappa shape index (κ2) is 7.35. The van der Waals surface area contributed by atoms with Gasteiger partial charge in [-0.15, -0.1) is 0 Å². The number of thioether (sulfide) groups is 1. The van der Waals surface area contributed by atoms with Crippen molar-refractivity contribution in [3.63, 3.8) is 0 Å². The molecule has 21 heavy (non-hydrogen) atoms. The van der Waals surface area contributed by atoms with E-state index < -0.39 is 39.7 Å².